The summed E-state index contributed by atoms with van der Waals surface area (Å²) in [7, 11) is -4.58. The van der Waals surface area contributed by atoms with E-state index in [1.165, 1.54) is 0 Å². The third kappa shape index (κ3) is 6.48. The molecular weight excluding hydrogens is 252 g/mol. The van der Waals surface area contributed by atoms with Crippen LogP contribution in [-0.4, -0.2) is 37.0 Å². The van der Waals surface area contributed by atoms with Gasteiger partial charge in [-0.15, -0.1) is 0 Å². The van der Waals surface area contributed by atoms with Crippen LogP contribution in [0.2, 0.25) is 0 Å². The molecule has 0 fully saturated rings. The standard InChI is InChI=1S/C9H12O7S/c1-3-7(10)15-6-5-9(17(12,13)14)16-8(11)4-2/h3-4,9H,1-2,5-6H2,(H,12,13,14). The first-order valence-corrected chi connectivity index (χ1v) is 5.90. The van der Waals surface area contributed by atoms with Gasteiger partial charge in [-0.1, -0.05) is 13.2 Å². The number of ether oxygens (including phenoxy) is 2. The fourth-order valence-corrected chi connectivity index (χ4v) is 1.37. The highest BCUT2D eigenvalue weighted by Crippen LogP contribution is 2.07. The van der Waals surface area contributed by atoms with Crippen molar-refractivity contribution in [1.82, 2.24) is 0 Å². The average molecular weight is 264 g/mol. The summed E-state index contributed by atoms with van der Waals surface area (Å²) in [5.41, 5.74) is -1.80. The van der Waals surface area contributed by atoms with Crippen molar-refractivity contribution in [2.75, 3.05) is 6.61 Å². The molecule has 0 bridgehead atoms. The molecule has 17 heavy (non-hydrogen) atoms. The van der Waals surface area contributed by atoms with Gasteiger partial charge in [0.15, 0.2) is 0 Å². The zero-order chi connectivity index (χ0) is 13.5. The topological polar surface area (TPSA) is 107 Å². The van der Waals surface area contributed by atoms with Crippen molar-refractivity contribution in [1.29, 1.82) is 0 Å². The molecule has 0 aromatic rings. The van der Waals surface area contributed by atoms with Crippen LogP contribution in [0.4, 0.5) is 0 Å². The van der Waals surface area contributed by atoms with Gasteiger partial charge in [-0.3, -0.25) is 4.55 Å². The van der Waals surface area contributed by atoms with Gasteiger partial charge in [0.25, 0.3) is 0 Å². The summed E-state index contributed by atoms with van der Waals surface area (Å²) in [6.07, 6.45) is 1.24. The highest BCUT2D eigenvalue weighted by Gasteiger charge is 2.26. The predicted octanol–water partition coefficient (Wildman–Crippen LogP) is 0.0488. The molecule has 0 aliphatic heterocycles. The maximum absolute atomic E-state index is 10.8. The van der Waals surface area contributed by atoms with E-state index in [0.717, 1.165) is 12.2 Å². The number of carbonyl (C=O) groups excluding carboxylic acids is 2. The molecule has 0 aromatic heterocycles. The predicted molar refractivity (Wildman–Crippen MR) is 57.4 cm³/mol. The Morgan fingerprint density at radius 1 is 1.24 bits per heavy atom. The molecule has 0 spiro atoms. The number of hydrogen-bond donors (Lipinski definition) is 1. The van der Waals surface area contributed by atoms with Crippen LogP contribution in [0, 0.1) is 0 Å². The summed E-state index contributed by atoms with van der Waals surface area (Å²) in [5, 5.41) is 0. The van der Waals surface area contributed by atoms with E-state index in [1.54, 1.807) is 0 Å². The Kier molecular flexibility index (Phi) is 6.15. The van der Waals surface area contributed by atoms with Gasteiger partial charge in [0.05, 0.1) is 6.61 Å². The Labute approximate surface area is 98.5 Å². The number of esters is 2. The van der Waals surface area contributed by atoms with Crippen LogP contribution < -0.4 is 0 Å². The Hall–Kier alpha value is -1.67. The van der Waals surface area contributed by atoms with Gasteiger partial charge in [-0.05, 0) is 0 Å². The molecule has 7 nitrogen and oxygen atoms in total. The highest BCUT2D eigenvalue weighted by atomic mass is 32.2. The fourth-order valence-electron chi connectivity index (χ4n) is 0.761. The molecule has 0 aliphatic rings. The number of rotatable bonds is 7. The van der Waals surface area contributed by atoms with Crippen LogP contribution in [0.15, 0.2) is 25.3 Å². The Balaban J connectivity index is 4.41. The lowest BCUT2D eigenvalue weighted by Gasteiger charge is -2.13. The van der Waals surface area contributed by atoms with Crippen LogP contribution in [-0.2, 0) is 29.2 Å². The summed E-state index contributed by atoms with van der Waals surface area (Å²) in [6, 6.07) is 0. The first kappa shape index (κ1) is 15.3. The van der Waals surface area contributed by atoms with Gasteiger partial charge in [0.1, 0.15) is 0 Å². The van der Waals surface area contributed by atoms with Crippen molar-refractivity contribution in [2.24, 2.45) is 0 Å². The zero-order valence-electron chi connectivity index (χ0n) is 8.87. The van der Waals surface area contributed by atoms with Crippen molar-refractivity contribution in [3.8, 4) is 0 Å². The normalized spacial score (nSPS) is 12.3. The van der Waals surface area contributed by atoms with E-state index in [2.05, 4.69) is 22.6 Å². The molecule has 1 N–H and O–H groups in total. The van der Waals surface area contributed by atoms with E-state index in [4.69, 9.17) is 4.55 Å². The maximum Gasteiger partial charge on any atom is 0.331 e. The number of carbonyl (C=O) groups is 2. The summed E-state index contributed by atoms with van der Waals surface area (Å²) >= 11 is 0. The molecule has 0 aliphatic carbocycles. The summed E-state index contributed by atoms with van der Waals surface area (Å²) < 4.78 is 39.2. The van der Waals surface area contributed by atoms with E-state index in [0.29, 0.717) is 0 Å². The molecule has 96 valence electrons. The Morgan fingerprint density at radius 2 is 1.76 bits per heavy atom. The monoisotopic (exact) mass is 264 g/mol. The van der Waals surface area contributed by atoms with Gasteiger partial charge in [0.2, 0.25) is 5.44 Å². The fraction of sp³-hybridized carbons (Fsp3) is 0.333. The molecule has 0 amide bonds. The van der Waals surface area contributed by atoms with Crippen molar-refractivity contribution < 1.29 is 32.0 Å². The largest absolute Gasteiger partial charge is 0.462 e. The lowest BCUT2D eigenvalue weighted by molar-refractivity contribution is -0.141. The lowest BCUT2D eigenvalue weighted by Crippen LogP contribution is -2.28. The SMILES string of the molecule is C=CC(=O)OCCC(OC(=O)C=C)S(=O)(=O)O. The van der Waals surface area contributed by atoms with Gasteiger partial charge in [-0.2, -0.15) is 8.42 Å². The van der Waals surface area contributed by atoms with Gasteiger partial charge in [-0.25, -0.2) is 9.59 Å². The minimum atomic E-state index is -4.58. The van der Waals surface area contributed by atoms with Crippen LogP contribution in [0.1, 0.15) is 6.42 Å². The molecule has 1 unspecified atom stereocenters. The van der Waals surface area contributed by atoms with Gasteiger partial charge < -0.3 is 9.47 Å². The van der Waals surface area contributed by atoms with E-state index in [9.17, 15) is 18.0 Å². The maximum atomic E-state index is 10.8. The molecule has 0 aromatic carbocycles. The zero-order valence-corrected chi connectivity index (χ0v) is 9.68. The quantitative estimate of drug-likeness (QED) is 0.393. The minimum absolute atomic E-state index is 0.347. The van der Waals surface area contributed by atoms with Crippen molar-refractivity contribution >= 4 is 22.1 Å². The highest BCUT2D eigenvalue weighted by molar-refractivity contribution is 7.86. The van der Waals surface area contributed by atoms with E-state index in [-0.39, 0.29) is 6.61 Å². The van der Waals surface area contributed by atoms with Gasteiger partial charge >= 0.3 is 22.1 Å². The Bertz CT molecular complexity index is 409. The van der Waals surface area contributed by atoms with E-state index < -0.39 is 33.9 Å². The third-order valence-electron chi connectivity index (χ3n) is 1.51. The van der Waals surface area contributed by atoms with Crippen LogP contribution >= 0.6 is 0 Å². The smallest absolute Gasteiger partial charge is 0.331 e. The molecule has 0 saturated heterocycles. The molecule has 0 heterocycles. The molecule has 0 saturated carbocycles. The second-order valence-corrected chi connectivity index (χ2v) is 4.30. The summed E-state index contributed by atoms with van der Waals surface area (Å²) in [6.45, 7) is 5.85. The molecule has 8 heteroatoms. The van der Waals surface area contributed by atoms with Crippen LogP contribution in [0.5, 0.6) is 0 Å². The first-order valence-electron chi connectivity index (χ1n) is 4.39. The average Bonchev–Trinajstić information content (AvgIpc) is 2.25. The van der Waals surface area contributed by atoms with E-state index >= 15 is 0 Å². The van der Waals surface area contributed by atoms with E-state index in [1.807, 2.05) is 0 Å². The third-order valence-corrected chi connectivity index (χ3v) is 2.51. The summed E-state index contributed by atoms with van der Waals surface area (Å²) in [5.74, 6) is -1.77. The van der Waals surface area contributed by atoms with Crippen LogP contribution in [0.3, 0.4) is 0 Å². The second kappa shape index (κ2) is 6.81. The van der Waals surface area contributed by atoms with Crippen molar-refractivity contribution in [3.05, 3.63) is 25.3 Å². The minimum Gasteiger partial charge on any atom is -0.462 e. The summed E-state index contributed by atoms with van der Waals surface area (Å²) in [4.78, 5) is 21.4. The number of hydrogen-bond acceptors (Lipinski definition) is 6. The first-order chi connectivity index (χ1) is 7.81. The van der Waals surface area contributed by atoms with Crippen LogP contribution in [0.25, 0.3) is 0 Å². The van der Waals surface area contributed by atoms with Crippen molar-refractivity contribution in [3.63, 3.8) is 0 Å². The second-order valence-electron chi connectivity index (χ2n) is 2.75. The lowest BCUT2D eigenvalue weighted by atomic mass is 10.5. The molecule has 0 rings (SSSR count). The molecule has 0 radical (unpaired) electrons. The van der Waals surface area contributed by atoms with Crippen molar-refractivity contribution in [2.45, 2.75) is 11.9 Å². The molecule has 1 atom stereocenters. The Morgan fingerprint density at radius 3 is 2.18 bits per heavy atom. The van der Waals surface area contributed by atoms with Gasteiger partial charge in [0, 0.05) is 18.6 Å². The molecular formula is C9H12O7S.